The number of hydrogen-bond donors (Lipinski definition) is 0. The van der Waals surface area contributed by atoms with Crippen LogP contribution in [0.2, 0.25) is 0 Å². The van der Waals surface area contributed by atoms with Crippen LogP contribution in [0.1, 0.15) is 97.8 Å². The van der Waals surface area contributed by atoms with Crippen LogP contribution >= 0.6 is 0 Å². The molecule has 3 aliphatic carbocycles. The summed E-state index contributed by atoms with van der Waals surface area (Å²) in [7, 11) is 0. The normalized spacial score (nSPS) is 45.8. The topological polar surface area (TPSA) is 0 Å². The van der Waals surface area contributed by atoms with Gasteiger partial charge in [-0.15, -0.1) is 0 Å². The third-order valence-corrected chi connectivity index (χ3v) is 8.23. The van der Waals surface area contributed by atoms with Gasteiger partial charge in [-0.1, -0.05) is 26.7 Å². The molecule has 24 heavy (non-hydrogen) atoms. The quantitative estimate of drug-likeness (QED) is 0.501. The third-order valence-electron chi connectivity index (χ3n) is 8.23. The van der Waals surface area contributed by atoms with Gasteiger partial charge < -0.3 is 0 Å². The zero-order valence-corrected chi connectivity index (χ0v) is 16.5. The summed E-state index contributed by atoms with van der Waals surface area (Å²) in [4.78, 5) is 0. The molecule has 0 saturated heterocycles. The Morgan fingerprint density at radius 3 is 1.67 bits per heavy atom. The Balaban J connectivity index is 1.42. The highest BCUT2D eigenvalue weighted by atomic mass is 19.1. The molecule has 4 unspecified atom stereocenters. The summed E-state index contributed by atoms with van der Waals surface area (Å²) >= 11 is 0. The maximum absolute atomic E-state index is 13.4. The summed E-state index contributed by atoms with van der Waals surface area (Å²) in [5.74, 6) is 6.45. The van der Waals surface area contributed by atoms with E-state index < -0.39 is 6.17 Å². The maximum atomic E-state index is 13.4. The van der Waals surface area contributed by atoms with Gasteiger partial charge in [0.05, 0.1) is 6.17 Å². The maximum Gasteiger partial charge on any atom is 0.0976 e. The highest BCUT2D eigenvalue weighted by Gasteiger charge is 2.36. The van der Waals surface area contributed by atoms with E-state index in [0.717, 1.165) is 41.9 Å². The molecule has 0 amide bonds. The minimum absolute atomic E-state index is 0.609. The third kappa shape index (κ3) is 4.76. The van der Waals surface area contributed by atoms with Crippen LogP contribution in [0.25, 0.3) is 0 Å². The summed E-state index contributed by atoms with van der Waals surface area (Å²) in [6.45, 7) is 6.58. The Morgan fingerprint density at radius 1 is 0.708 bits per heavy atom. The fraction of sp³-hybridized carbons (Fsp3) is 1.00. The molecule has 0 aliphatic heterocycles. The summed E-state index contributed by atoms with van der Waals surface area (Å²) in [6, 6.07) is 0. The van der Waals surface area contributed by atoms with Crippen molar-refractivity contribution in [2.24, 2.45) is 41.4 Å². The monoisotopic (exact) mass is 336 g/mol. The van der Waals surface area contributed by atoms with Gasteiger partial charge in [-0.3, -0.25) is 0 Å². The summed E-state index contributed by atoms with van der Waals surface area (Å²) in [5, 5.41) is 0. The smallest absolute Gasteiger partial charge is 0.0976 e. The lowest BCUT2D eigenvalue weighted by Gasteiger charge is -2.43. The van der Waals surface area contributed by atoms with E-state index in [2.05, 4.69) is 13.8 Å². The second-order valence-corrected chi connectivity index (χ2v) is 10.0. The SMILES string of the molecule is CC(F)CC1CCC(C2CCC(C3CCC(C)CC3)CC2)CC1C. The average Bonchev–Trinajstić information content (AvgIpc) is 2.57. The van der Waals surface area contributed by atoms with E-state index in [0.29, 0.717) is 5.92 Å². The van der Waals surface area contributed by atoms with Gasteiger partial charge in [-0.25, -0.2) is 4.39 Å². The lowest BCUT2D eigenvalue weighted by Crippen LogP contribution is -2.32. The van der Waals surface area contributed by atoms with Crippen LogP contribution in [0.4, 0.5) is 4.39 Å². The van der Waals surface area contributed by atoms with E-state index >= 15 is 0 Å². The minimum atomic E-state index is -0.609. The van der Waals surface area contributed by atoms with Crippen molar-refractivity contribution in [3.63, 3.8) is 0 Å². The van der Waals surface area contributed by atoms with Crippen LogP contribution in [-0.4, -0.2) is 6.17 Å². The summed E-state index contributed by atoms with van der Waals surface area (Å²) in [5.41, 5.74) is 0. The zero-order valence-electron chi connectivity index (χ0n) is 16.5. The predicted molar refractivity (Wildman–Crippen MR) is 102 cm³/mol. The molecule has 0 nitrogen and oxygen atoms in total. The standard InChI is InChI=1S/C23H41F/c1-16-4-6-19(7-5-16)20-8-10-21(11-9-20)23-13-12-22(15-18(3)24)17(2)14-23/h16-23H,4-15H2,1-3H3. The van der Waals surface area contributed by atoms with Crippen molar-refractivity contribution in [2.45, 2.75) is 104 Å². The van der Waals surface area contributed by atoms with Gasteiger partial charge in [-0.05, 0) is 113 Å². The molecular weight excluding hydrogens is 295 g/mol. The molecule has 4 atom stereocenters. The number of rotatable bonds is 4. The van der Waals surface area contributed by atoms with E-state index in [4.69, 9.17) is 0 Å². The first kappa shape index (κ1) is 18.7. The Hall–Kier alpha value is -0.0700. The lowest BCUT2D eigenvalue weighted by atomic mass is 9.63. The highest BCUT2D eigenvalue weighted by Crippen LogP contribution is 2.47. The van der Waals surface area contributed by atoms with Gasteiger partial charge in [0.15, 0.2) is 0 Å². The van der Waals surface area contributed by atoms with Crippen LogP contribution in [0.3, 0.4) is 0 Å². The van der Waals surface area contributed by atoms with E-state index in [9.17, 15) is 4.39 Å². The molecule has 1 heteroatoms. The van der Waals surface area contributed by atoms with E-state index in [1.54, 1.807) is 6.92 Å². The van der Waals surface area contributed by atoms with Gasteiger partial charge >= 0.3 is 0 Å². The Bertz CT molecular complexity index is 360. The predicted octanol–water partition coefficient (Wildman–Crippen LogP) is 7.42. The molecule has 140 valence electrons. The molecule has 0 aromatic heterocycles. The van der Waals surface area contributed by atoms with Crippen molar-refractivity contribution in [3.8, 4) is 0 Å². The molecule has 0 aromatic carbocycles. The van der Waals surface area contributed by atoms with Crippen molar-refractivity contribution >= 4 is 0 Å². The van der Waals surface area contributed by atoms with Gasteiger partial charge in [0.25, 0.3) is 0 Å². The number of hydrogen-bond acceptors (Lipinski definition) is 0. The van der Waals surface area contributed by atoms with Gasteiger partial charge in [-0.2, -0.15) is 0 Å². The molecule has 3 aliphatic rings. The number of halogens is 1. The summed E-state index contributed by atoms with van der Waals surface area (Å²) in [6.07, 6.45) is 16.3. The largest absolute Gasteiger partial charge is 0.248 e. The molecule has 0 heterocycles. The van der Waals surface area contributed by atoms with Crippen molar-refractivity contribution in [2.75, 3.05) is 0 Å². The van der Waals surface area contributed by atoms with Crippen LogP contribution in [0.15, 0.2) is 0 Å². The van der Waals surface area contributed by atoms with E-state index in [-0.39, 0.29) is 0 Å². The van der Waals surface area contributed by atoms with Gasteiger partial charge in [0, 0.05) is 0 Å². The van der Waals surface area contributed by atoms with E-state index in [1.807, 2.05) is 0 Å². The molecule has 3 saturated carbocycles. The lowest BCUT2D eigenvalue weighted by molar-refractivity contribution is 0.0783. The van der Waals surface area contributed by atoms with Crippen molar-refractivity contribution < 1.29 is 4.39 Å². The van der Waals surface area contributed by atoms with Gasteiger partial charge in [0.2, 0.25) is 0 Å². The molecule has 0 bridgehead atoms. The molecule has 3 fully saturated rings. The number of alkyl halides is 1. The van der Waals surface area contributed by atoms with Crippen LogP contribution in [0.5, 0.6) is 0 Å². The molecular formula is C23H41F. The van der Waals surface area contributed by atoms with E-state index in [1.165, 1.54) is 70.6 Å². The Labute approximate surface area is 150 Å². The Kier molecular flexibility index (Phi) is 6.66. The van der Waals surface area contributed by atoms with Crippen molar-refractivity contribution in [3.05, 3.63) is 0 Å². The fourth-order valence-electron chi connectivity index (χ4n) is 6.54. The molecule has 0 spiro atoms. The molecule has 0 N–H and O–H groups in total. The Morgan fingerprint density at radius 2 is 1.17 bits per heavy atom. The van der Waals surface area contributed by atoms with Gasteiger partial charge in [0.1, 0.15) is 0 Å². The minimum Gasteiger partial charge on any atom is -0.248 e. The fourth-order valence-corrected chi connectivity index (χ4v) is 6.54. The van der Waals surface area contributed by atoms with Crippen LogP contribution < -0.4 is 0 Å². The highest BCUT2D eigenvalue weighted by molar-refractivity contribution is 4.87. The average molecular weight is 337 g/mol. The first-order chi connectivity index (χ1) is 11.5. The first-order valence-electron chi connectivity index (χ1n) is 11.2. The second kappa shape index (κ2) is 8.54. The molecule has 0 radical (unpaired) electrons. The zero-order chi connectivity index (χ0) is 17.1. The van der Waals surface area contributed by atoms with Crippen molar-refractivity contribution in [1.29, 1.82) is 0 Å². The second-order valence-electron chi connectivity index (χ2n) is 10.0. The molecule has 3 rings (SSSR count). The van der Waals surface area contributed by atoms with Crippen LogP contribution in [-0.2, 0) is 0 Å². The first-order valence-corrected chi connectivity index (χ1v) is 11.2. The summed E-state index contributed by atoms with van der Waals surface area (Å²) < 4.78 is 13.4. The van der Waals surface area contributed by atoms with Crippen molar-refractivity contribution in [1.82, 2.24) is 0 Å². The molecule has 0 aromatic rings. The van der Waals surface area contributed by atoms with Crippen LogP contribution in [0, 0.1) is 41.4 Å².